The molecule has 22 heavy (non-hydrogen) atoms. The van der Waals surface area contributed by atoms with E-state index in [-0.39, 0.29) is 23.8 Å². The molecular formula is C15H28N2O4S. The molecule has 2 unspecified atom stereocenters. The van der Waals surface area contributed by atoms with E-state index in [1.165, 1.54) is 0 Å². The van der Waals surface area contributed by atoms with Crippen molar-refractivity contribution in [1.82, 2.24) is 10.2 Å². The predicted molar refractivity (Wildman–Crippen MR) is 85.6 cm³/mol. The van der Waals surface area contributed by atoms with Crippen LogP contribution in [0.3, 0.4) is 0 Å². The van der Waals surface area contributed by atoms with E-state index in [0.717, 1.165) is 0 Å². The fraction of sp³-hybridized carbons (Fsp3) is 0.933. The van der Waals surface area contributed by atoms with Crippen molar-refractivity contribution in [2.75, 3.05) is 25.4 Å². The van der Waals surface area contributed by atoms with Crippen LogP contribution < -0.4 is 5.32 Å². The molecule has 2 atom stereocenters. The van der Waals surface area contributed by atoms with Crippen LogP contribution in [-0.4, -0.2) is 61.2 Å². The van der Waals surface area contributed by atoms with Crippen molar-refractivity contribution in [2.45, 2.75) is 57.4 Å². The third-order valence-electron chi connectivity index (χ3n) is 4.77. The number of hydrogen-bond acceptors (Lipinski definition) is 5. The van der Waals surface area contributed by atoms with Crippen LogP contribution in [0.2, 0.25) is 0 Å². The molecule has 2 heterocycles. The van der Waals surface area contributed by atoms with Crippen LogP contribution in [0.25, 0.3) is 0 Å². The van der Waals surface area contributed by atoms with Gasteiger partial charge >= 0.3 is 6.09 Å². The Labute approximate surface area is 133 Å². The van der Waals surface area contributed by atoms with Gasteiger partial charge in [0, 0.05) is 25.6 Å². The molecule has 128 valence electrons. The summed E-state index contributed by atoms with van der Waals surface area (Å²) in [5.74, 6) is 0.126. The van der Waals surface area contributed by atoms with Gasteiger partial charge in [0.25, 0.3) is 0 Å². The molecule has 0 radical (unpaired) electrons. The maximum absolute atomic E-state index is 12.5. The summed E-state index contributed by atoms with van der Waals surface area (Å²) in [5, 5.41) is 3.28. The molecule has 0 aromatic heterocycles. The first-order chi connectivity index (χ1) is 9.96. The van der Waals surface area contributed by atoms with Gasteiger partial charge < -0.3 is 15.0 Å². The minimum Gasteiger partial charge on any atom is -0.444 e. The molecule has 1 N–H and O–H groups in total. The summed E-state index contributed by atoms with van der Waals surface area (Å²) in [7, 11) is -3.11. The highest BCUT2D eigenvalue weighted by molar-refractivity contribution is 7.93. The fourth-order valence-electron chi connectivity index (χ4n) is 3.41. The molecule has 1 amide bonds. The van der Waals surface area contributed by atoms with Crippen molar-refractivity contribution in [3.05, 3.63) is 0 Å². The second-order valence-electron chi connectivity index (χ2n) is 7.76. The van der Waals surface area contributed by atoms with E-state index in [4.69, 9.17) is 4.74 Å². The lowest BCUT2D eigenvalue weighted by molar-refractivity contribution is 0.00249. The molecule has 0 spiro atoms. The van der Waals surface area contributed by atoms with Gasteiger partial charge in [0.15, 0.2) is 9.84 Å². The lowest BCUT2D eigenvalue weighted by atomic mass is 9.84. The summed E-state index contributed by atoms with van der Waals surface area (Å²) in [5.41, 5.74) is -0.552. The van der Waals surface area contributed by atoms with E-state index in [1.807, 2.05) is 20.8 Å². The second kappa shape index (κ2) is 5.67. The number of nitrogens with one attached hydrogen (secondary N) is 1. The van der Waals surface area contributed by atoms with Gasteiger partial charge in [-0.1, -0.05) is 0 Å². The normalized spacial score (nSPS) is 31.0. The van der Waals surface area contributed by atoms with Crippen LogP contribution in [0.5, 0.6) is 0 Å². The topological polar surface area (TPSA) is 75.7 Å². The molecule has 0 bridgehead atoms. The van der Waals surface area contributed by atoms with Crippen LogP contribution in [0.1, 0.15) is 41.0 Å². The molecule has 7 heteroatoms. The zero-order valence-corrected chi connectivity index (χ0v) is 15.0. The highest BCUT2D eigenvalue weighted by Gasteiger charge is 2.53. The average molecular weight is 332 g/mol. The van der Waals surface area contributed by atoms with E-state index in [2.05, 4.69) is 5.32 Å². The minimum absolute atomic E-state index is 0.0715. The Balaban J connectivity index is 2.23. The van der Waals surface area contributed by atoms with E-state index in [9.17, 15) is 13.2 Å². The van der Waals surface area contributed by atoms with Crippen LogP contribution in [-0.2, 0) is 14.6 Å². The molecule has 2 aliphatic rings. The Bertz CT molecular complexity index is 536. The SMILES string of the molecule is CC(C)(C)OC(=O)N1CCNCC1C1CCS(=O)(=O)C1(C)C. The first kappa shape index (κ1) is 17.5. The van der Waals surface area contributed by atoms with Crippen molar-refractivity contribution in [3.63, 3.8) is 0 Å². The summed E-state index contributed by atoms with van der Waals surface area (Å²) in [4.78, 5) is 14.2. The Kier molecular flexibility index (Phi) is 4.52. The minimum atomic E-state index is -3.11. The molecule has 0 aromatic rings. The van der Waals surface area contributed by atoms with Gasteiger partial charge in [-0.15, -0.1) is 0 Å². The van der Waals surface area contributed by atoms with Crippen molar-refractivity contribution in [1.29, 1.82) is 0 Å². The van der Waals surface area contributed by atoms with Gasteiger partial charge in [-0.2, -0.15) is 0 Å². The largest absolute Gasteiger partial charge is 0.444 e. The molecule has 0 aromatic carbocycles. The summed E-state index contributed by atoms with van der Waals surface area (Å²) >= 11 is 0. The summed E-state index contributed by atoms with van der Waals surface area (Å²) < 4.78 is 29.3. The summed E-state index contributed by atoms with van der Waals surface area (Å²) in [6.07, 6.45) is 0.250. The molecule has 0 aliphatic carbocycles. The smallest absolute Gasteiger partial charge is 0.410 e. The summed E-state index contributed by atoms with van der Waals surface area (Å²) in [6.45, 7) is 10.9. The lowest BCUT2D eigenvalue weighted by Crippen LogP contribution is -2.60. The number of amides is 1. The van der Waals surface area contributed by atoms with Gasteiger partial charge in [0.1, 0.15) is 5.60 Å². The highest BCUT2D eigenvalue weighted by Crippen LogP contribution is 2.41. The number of rotatable bonds is 1. The predicted octanol–water partition coefficient (Wildman–Crippen LogP) is 1.41. The first-order valence-electron chi connectivity index (χ1n) is 7.88. The number of carbonyl (C=O) groups excluding carboxylic acids is 1. The monoisotopic (exact) mass is 332 g/mol. The molecule has 2 aliphatic heterocycles. The molecule has 2 rings (SSSR count). The van der Waals surface area contributed by atoms with Crippen molar-refractivity contribution in [2.24, 2.45) is 5.92 Å². The van der Waals surface area contributed by atoms with Crippen LogP contribution in [0, 0.1) is 5.92 Å². The molecule has 2 saturated heterocycles. The number of sulfone groups is 1. The van der Waals surface area contributed by atoms with E-state index < -0.39 is 20.2 Å². The third-order valence-corrected chi connectivity index (χ3v) is 7.45. The van der Waals surface area contributed by atoms with E-state index in [0.29, 0.717) is 26.1 Å². The van der Waals surface area contributed by atoms with Gasteiger partial charge in [0.2, 0.25) is 0 Å². The second-order valence-corrected chi connectivity index (χ2v) is 10.5. The standard InChI is InChI=1S/C15H28N2O4S/c1-14(2,3)21-13(18)17-8-7-16-10-12(17)11-6-9-22(19,20)15(11,4)5/h11-12,16H,6-10H2,1-5H3. The zero-order chi connectivity index (χ0) is 16.8. The van der Waals surface area contributed by atoms with Crippen LogP contribution in [0.15, 0.2) is 0 Å². The van der Waals surface area contributed by atoms with Crippen molar-refractivity contribution >= 4 is 15.9 Å². The van der Waals surface area contributed by atoms with Crippen LogP contribution in [0.4, 0.5) is 4.79 Å². The number of ether oxygens (including phenoxy) is 1. The Morgan fingerprint density at radius 1 is 1.32 bits per heavy atom. The average Bonchev–Trinajstić information content (AvgIpc) is 2.57. The maximum Gasteiger partial charge on any atom is 0.410 e. The van der Waals surface area contributed by atoms with E-state index >= 15 is 0 Å². The summed E-state index contributed by atoms with van der Waals surface area (Å²) in [6, 6.07) is -0.143. The third kappa shape index (κ3) is 3.25. The van der Waals surface area contributed by atoms with Gasteiger partial charge in [0.05, 0.1) is 16.5 Å². The first-order valence-corrected chi connectivity index (χ1v) is 9.53. The Hall–Kier alpha value is -0.820. The molecule has 0 saturated carbocycles. The Morgan fingerprint density at radius 2 is 1.95 bits per heavy atom. The Morgan fingerprint density at radius 3 is 2.45 bits per heavy atom. The highest BCUT2D eigenvalue weighted by atomic mass is 32.2. The van der Waals surface area contributed by atoms with Gasteiger partial charge in [-0.25, -0.2) is 13.2 Å². The number of piperazine rings is 1. The lowest BCUT2D eigenvalue weighted by Gasteiger charge is -2.43. The maximum atomic E-state index is 12.5. The number of hydrogen-bond donors (Lipinski definition) is 1. The van der Waals surface area contributed by atoms with Crippen molar-refractivity contribution < 1.29 is 17.9 Å². The zero-order valence-electron chi connectivity index (χ0n) is 14.2. The van der Waals surface area contributed by atoms with Gasteiger partial charge in [-0.05, 0) is 41.0 Å². The van der Waals surface area contributed by atoms with Crippen LogP contribution >= 0.6 is 0 Å². The molecular weight excluding hydrogens is 304 g/mol. The molecule has 6 nitrogen and oxygen atoms in total. The van der Waals surface area contributed by atoms with Crippen molar-refractivity contribution in [3.8, 4) is 0 Å². The molecule has 2 fully saturated rings. The number of carbonyl (C=O) groups is 1. The fourth-order valence-corrected chi connectivity index (χ4v) is 5.24. The quantitative estimate of drug-likeness (QED) is 0.786. The van der Waals surface area contributed by atoms with E-state index in [1.54, 1.807) is 18.7 Å². The number of nitrogens with zero attached hydrogens (tertiary/aromatic N) is 1. The van der Waals surface area contributed by atoms with Gasteiger partial charge in [-0.3, -0.25) is 0 Å².